The van der Waals surface area contributed by atoms with Gasteiger partial charge in [-0.05, 0) is 43.2 Å². The summed E-state index contributed by atoms with van der Waals surface area (Å²) in [6.45, 7) is 5.16. The highest BCUT2D eigenvalue weighted by atomic mass is 35.5. The van der Waals surface area contributed by atoms with E-state index in [2.05, 4.69) is 10.6 Å². The van der Waals surface area contributed by atoms with E-state index in [-0.39, 0.29) is 11.5 Å². The zero-order valence-corrected chi connectivity index (χ0v) is 16.0. The molecule has 2 amide bonds. The fourth-order valence-electron chi connectivity index (χ4n) is 2.59. The van der Waals surface area contributed by atoms with E-state index in [9.17, 15) is 18.4 Å². The highest BCUT2D eigenvalue weighted by Gasteiger charge is 2.26. The van der Waals surface area contributed by atoms with Crippen molar-refractivity contribution in [3.8, 4) is 0 Å². The van der Waals surface area contributed by atoms with Gasteiger partial charge in [-0.2, -0.15) is 0 Å². The van der Waals surface area contributed by atoms with Gasteiger partial charge in [0.2, 0.25) is 5.91 Å². The molecule has 2 aromatic carbocycles. The first-order valence-corrected chi connectivity index (χ1v) is 8.88. The Bertz CT molecular complexity index is 825. The number of hydrogen-bond donors (Lipinski definition) is 2. The average molecular weight is 395 g/mol. The van der Waals surface area contributed by atoms with Crippen molar-refractivity contribution in [1.29, 1.82) is 0 Å². The Morgan fingerprint density at radius 3 is 2.15 bits per heavy atom. The summed E-state index contributed by atoms with van der Waals surface area (Å²) in [5.74, 6) is -2.50. The molecule has 2 aromatic rings. The van der Waals surface area contributed by atoms with Crippen molar-refractivity contribution in [2.45, 2.75) is 32.9 Å². The van der Waals surface area contributed by atoms with Crippen LogP contribution < -0.4 is 10.6 Å². The van der Waals surface area contributed by atoms with Gasteiger partial charge in [0.1, 0.15) is 17.7 Å². The number of amides is 2. The fourth-order valence-corrected chi connectivity index (χ4v) is 2.72. The molecule has 4 nitrogen and oxygen atoms in total. The Balaban J connectivity index is 2.10. The monoisotopic (exact) mass is 394 g/mol. The molecule has 0 aliphatic heterocycles. The highest BCUT2D eigenvalue weighted by molar-refractivity contribution is 6.30. The van der Waals surface area contributed by atoms with Gasteiger partial charge in [0, 0.05) is 22.2 Å². The maximum Gasteiger partial charge on any atom is 0.251 e. The van der Waals surface area contributed by atoms with Crippen LogP contribution in [0.1, 0.15) is 42.7 Å². The number of benzene rings is 2. The molecule has 0 aromatic heterocycles. The number of rotatable bonds is 6. The largest absolute Gasteiger partial charge is 0.348 e. The minimum Gasteiger partial charge on any atom is -0.348 e. The van der Waals surface area contributed by atoms with Gasteiger partial charge in [-0.15, -0.1) is 0 Å². The van der Waals surface area contributed by atoms with Crippen LogP contribution in [0.15, 0.2) is 42.5 Å². The Morgan fingerprint density at radius 1 is 0.963 bits per heavy atom. The van der Waals surface area contributed by atoms with Gasteiger partial charge < -0.3 is 10.6 Å². The van der Waals surface area contributed by atoms with Crippen LogP contribution in [-0.2, 0) is 4.79 Å². The lowest BCUT2D eigenvalue weighted by molar-refractivity contribution is -0.124. The van der Waals surface area contributed by atoms with Gasteiger partial charge in [-0.3, -0.25) is 9.59 Å². The number of carbonyl (C=O) groups excluding carboxylic acids is 2. The molecule has 144 valence electrons. The summed E-state index contributed by atoms with van der Waals surface area (Å²) < 4.78 is 27.0. The Hall–Kier alpha value is -2.47. The molecule has 0 bridgehead atoms. The second kappa shape index (κ2) is 8.95. The van der Waals surface area contributed by atoms with Gasteiger partial charge in [0.05, 0.1) is 6.04 Å². The maximum absolute atomic E-state index is 13.9. The molecule has 7 heteroatoms. The molecular formula is C20H21ClF2N2O2. The van der Waals surface area contributed by atoms with Crippen LogP contribution in [0.2, 0.25) is 5.02 Å². The molecular weight excluding hydrogens is 374 g/mol. The smallest absolute Gasteiger partial charge is 0.251 e. The van der Waals surface area contributed by atoms with E-state index in [1.807, 2.05) is 0 Å². The molecule has 2 atom stereocenters. The molecule has 0 saturated carbocycles. The van der Waals surface area contributed by atoms with Crippen LogP contribution >= 0.6 is 11.6 Å². The molecule has 27 heavy (non-hydrogen) atoms. The quantitative estimate of drug-likeness (QED) is 0.769. The summed E-state index contributed by atoms with van der Waals surface area (Å²) >= 11 is 5.81. The van der Waals surface area contributed by atoms with Gasteiger partial charge in [-0.1, -0.05) is 31.5 Å². The van der Waals surface area contributed by atoms with Crippen molar-refractivity contribution in [2.24, 2.45) is 5.92 Å². The zero-order chi connectivity index (χ0) is 20.1. The van der Waals surface area contributed by atoms with E-state index in [0.29, 0.717) is 10.6 Å². The average Bonchev–Trinajstić information content (AvgIpc) is 2.59. The zero-order valence-electron chi connectivity index (χ0n) is 15.2. The van der Waals surface area contributed by atoms with E-state index in [1.165, 1.54) is 6.07 Å². The van der Waals surface area contributed by atoms with Crippen molar-refractivity contribution in [1.82, 2.24) is 10.6 Å². The third-order valence-electron chi connectivity index (χ3n) is 4.13. The first-order valence-electron chi connectivity index (χ1n) is 8.50. The van der Waals surface area contributed by atoms with Crippen LogP contribution in [-0.4, -0.2) is 17.9 Å². The summed E-state index contributed by atoms with van der Waals surface area (Å²) in [7, 11) is 0. The minimum absolute atomic E-state index is 0.163. The van der Waals surface area contributed by atoms with E-state index in [4.69, 9.17) is 11.6 Å². The van der Waals surface area contributed by atoms with Gasteiger partial charge >= 0.3 is 0 Å². The second-order valence-electron chi connectivity index (χ2n) is 6.60. The van der Waals surface area contributed by atoms with Gasteiger partial charge in [0.25, 0.3) is 5.91 Å². The third-order valence-corrected chi connectivity index (χ3v) is 4.38. The van der Waals surface area contributed by atoms with Crippen molar-refractivity contribution in [3.05, 3.63) is 70.2 Å². The Labute approximate surface area is 161 Å². The SMILES string of the molecule is CC(NC(=O)C(NC(=O)c1ccc(Cl)cc1)C(C)C)c1ccc(F)cc1F. The molecule has 0 spiro atoms. The summed E-state index contributed by atoms with van der Waals surface area (Å²) in [5.41, 5.74) is 0.534. The van der Waals surface area contributed by atoms with Crippen LogP contribution in [0.5, 0.6) is 0 Å². The van der Waals surface area contributed by atoms with Crippen molar-refractivity contribution in [2.75, 3.05) is 0 Å². The lowest BCUT2D eigenvalue weighted by atomic mass is 10.0. The third kappa shape index (κ3) is 5.50. The van der Waals surface area contributed by atoms with Crippen molar-refractivity contribution < 1.29 is 18.4 Å². The lowest BCUT2D eigenvalue weighted by Gasteiger charge is -2.24. The molecule has 2 N–H and O–H groups in total. The van der Waals surface area contributed by atoms with Crippen LogP contribution in [0, 0.1) is 17.6 Å². The maximum atomic E-state index is 13.9. The number of halogens is 3. The fraction of sp³-hybridized carbons (Fsp3) is 0.300. The van der Waals surface area contributed by atoms with Crippen molar-refractivity contribution >= 4 is 23.4 Å². The Kier molecular flexibility index (Phi) is 6.91. The van der Waals surface area contributed by atoms with Crippen LogP contribution in [0.4, 0.5) is 8.78 Å². The first kappa shape index (κ1) is 20.8. The molecule has 0 aliphatic rings. The Morgan fingerprint density at radius 2 is 1.59 bits per heavy atom. The summed E-state index contributed by atoms with van der Waals surface area (Å²) in [5, 5.41) is 5.85. The van der Waals surface area contributed by atoms with Crippen molar-refractivity contribution in [3.63, 3.8) is 0 Å². The van der Waals surface area contributed by atoms with Gasteiger partial charge in [-0.25, -0.2) is 8.78 Å². The normalized spacial score (nSPS) is 13.1. The van der Waals surface area contributed by atoms with E-state index >= 15 is 0 Å². The summed E-state index contributed by atoms with van der Waals surface area (Å²) in [4.78, 5) is 25.0. The molecule has 0 saturated heterocycles. The van der Waals surface area contributed by atoms with E-state index < -0.39 is 35.5 Å². The van der Waals surface area contributed by atoms with E-state index in [1.54, 1.807) is 45.0 Å². The minimum atomic E-state index is -0.820. The number of carbonyl (C=O) groups is 2. The van der Waals surface area contributed by atoms with Gasteiger partial charge in [0.15, 0.2) is 0 Å². The summed E-state index contributed by atoms with van der Waals surface area (Å²) in [6.07, 6.45) is 0. The highest BCUT2D eigenvalue weighted by Crippen LogP contribution is 2.18. The number of nitrogens with one attached hydrogen (secondary N) is 2. The van der Waals surface area contributed by atoms with E-state index in [0.717, 1.165) is 12.1 Å². The molecule has 0 fully saturated rings. The first-order chi connectivity index (χ1) is 12.7. The number of hydrogen-bond acceptors (Lipinski definition) is 2. The molecule has 0 radical (unpaired) electrons. The predicted octanol–water partition coefficient (Wildman–Crippen LogP) is 4.25. The predicted molar refractivity (Wildman–Crippen MR) is 100 cm³/mol. The van der Waals surface area contributed by atoms with Crippen LogP contribution in [0.3, 0.4) is 0 Å². The molecule has 0 aliphatic carbocycles. The molecule has 2 unspecified atom stereocenters. The standard InChI is InChI=1S/C20H21ClF2N2O2/c1-11(2)18(25-19(26)13-4-6-14(21)7-5-13)20(27)24-12(3)16-9-8-15(22)10-17(16)23/h4-12,18H,1-3H3,(H,24,27)(H,25,26). The van der Waals surface area contributed by atoms with Crippen LogP contribution in [0.25, 0.3) is 0 Å². The summed E-state index contributed by atoms with van der Waals surface area (Å²) in [6, 6.07) is 7.95. The second-order valence-corrected chi connectivity index (χ2v) is 7.03. The molecule has 0 heterocycles. The molecule has 2 rings (SSSR count). The topological polar surface area (TPSA) is 58.2 Å². The lowest BCUT2D eigenvalue weighted by Crippen LogP contribution is -2.50.